The topological polar surface area (TPSA) is 98.7 Å². The van der Waals surface area contributed by atoms with E-state index < -0.39 is 6.04 Å². The summed E-state index contributed by atoms with van der Waals surface area (Å²) in [6.45, 7) is 1.75. The van der Waals surface area contributed by atoms with Gasteiger partial charge in [-0.15, -0.1) is 0 Å². The minimum absolute atomic E-state index is 0.0599. The monoisotopic (exact) mass is 356 g/mol. The lowest BCUT2D eigenvalue weighted by Gasteiger charge is -2.21. The van der Waals surface area contributed by atoms with Crippen LogP contribution in [0.15, 0.2) is 54.6 Å². The summed E-state index contributed by atoms with van der Waals surface area (Å²) in [5, 5.41) is 24.2. The Hall–Kier alpha value is -2.86. The third-order valence-electron chi connectivity index (χ3n) is 4.10. The minimum Gasteiger partial charge on any atom is -0.508 e. The number of aliphatic hydroxyl groups excluding tert-OH is 1. The molecule has 0 spiro atoms. The van der Waals surface area contributed by atoms with E-state index in [2.05, 4.69) is 10.6 Å². The van der Waals surface area contributed by atoms with E-state index >= 15 is 0 Å². The lowest BCUT2D eigenvalue weighted by atomic mass is 10.0. The summed E-state index contributed by atoms with van der Waals surface area (Å²) in [4.78, 5) is 24.8. The van der Waals surface area contributed by atoms with E-state index in [4.69, 9.17) is 0 Å². The third kappa shape index (κ3) is 5.60. The van der Waals surface area contributed by atoms with E-state index in [0.29, 0.717) is 12.0 Å². The van der Waals surface area contributed by atoms with Crippen molar-refractivity contribution in [2.75, 3.05) is 6.61 Å². The molecule has 0 saturated heterocycles. The largest absolute Gasteiger partial charge is 0.508 e. The van der Waals surface area contributed by atoms with Crippen molar-refractivity contribution >= 4 is 11.8 Å². The molecule has 0 aromatic heterocycles. The van der Waals surface area contributed by atoms with Gasteiger partial charge in [0.2, 0.25) is 5.91 Å². The van der Waals surface area contributed by atoms with E-state index in [-0.39, 0.29) is 36.6 Å². The summed E-state index contributed by atoms with van der Waals surface area (Å²) < 4.78 is 0. The van der Waals surface area contributed by atoms with Gasteiger partial charge in [-0.2, -0.15) is 0 Å². The number of hydrogen-bond acceptors (Lipinski definition) is 4. The molecule has 6 heteroatoms. The van der Waals surface area contributed by atoms with Crippen LogP contribution in [0.25, 0.3) is 0 Å². The van der Waals surface area contributed by atoms with Crippen molar-refractivity contribution in [2.45, 2.75) is 31.8 Å². The second kappa shape index (κ2) is 9.58. The highest BCUT2D eigenvalue weighted by molar-refractivity contribution is 5.95. The first-order chi connectivity index (χ1) is 12.5. The third-order valence-corrected chi connectivity index (χ3v) is 4.10. The quantitative estimate of drug-likeness (QED) is 0.582. The van der Waals surface area contributed by atoms with Crippen molar-refractivity contribution in [3.63, 3.8) is 0 Å². The van der Waals surface area contributed by atoms with E-state index in [1.54, 1.807) is 0 Å². The van der Waals surface area contributed by atoms with Crippen LogP contribution in [0.2, 0.25) is 0 Å². The molecule has 2 unspecified atom stereocenters. The van der Waals surface area contributed by atoms with Crippen LogP contribution in [0.4, 0.5) is 0 Å². The molecule has 2 amide bonds. The number of carbonyl (C=O) groups excluding carboxylic acids is 2. The highest BCUT2D eigenvalue weighted by atomic mass is 16.3. The zero-order chi connectivity index (χ0) is 18.9. The molecule has 2 aromatic rings. The van der Waals surface area contributed by atoms with Gasteiger partial charge in [0.05, 0.1) is 25.1 Å². The van der Waals surface area contributed by atoms with Gasteiger partial charge in [0, 0.05) is 5.56 Å². The van der Waals surface area contributed by atoms with Crippen LogP contribution in [0.1, 0.15) is 41.7 Å². The summed E-state index contributed by atoms with van der Waals surface area (Å²) in [6.07, 6.45) is 0.683. The molecular weight excluding hydrogens is 332 g/mol. The zero-order valence-electron chi connectivity index (χ0n) is 14.7. The highest BCUT2D eigenvalue weighted by Crippen LogP contribution is 2.18. The van der Waals surface area contributed by atoms with Gasteiger partial charge in [0.15, 0.2) is 0 Å². The number of nitrogens with one attached hydrogen (secondary N) is 2. The fourth-order valence-corrected chi connectivity index (χ4v) is 2.54. The van der Waals surface area contributed by atoms with E-state index in [1.807, 2.05) is 37.3 Å². The Morgan fingerprint density at radius 2 is 1.65 bits per heavy atom. The van der Waals surface area contributed by atoms with Gasteiger partial charge >= 0.3 is 0 Å². The molecule has 138 valence electrons. The number of amides is 2. The van der Waals surface area contributed by atoms with Crippen molar-refractivity contribution in [2.24, 2.45) is 0 Å². The molecule has 26 heavy (non-hydrogen) atoms. The summed E-state index contributed by atoms with van der Waals surface area (Å²) in [5.74, 6) is -0.498. The Kier molecular flexibility index (Phi) is 7.17. The zero-order valence-corrected chi connectivity index (χ0v) is 14.7. The van der Waals surface area contributed by atoms with Crippen LogP contribution in [0.3, 0.4) is 0 Å². The summed E-state index contributed by atoms with van der Waals surface area (Å²) in [6, 6.07) is 14.3. The second-order valence-corrected chi connectivity index (χ2v) is 6.04. The van der Waals surface area contributed by atoms with Crippen LogP contribution in [-0.2, 0) is 4.79 Å². The van der Waals surface area contributed by atoms with Crippen LogP contribution in [-0.4, -0.2) is 34.7 Å². The van der Waals surface area contributed by atoms with Crippen LogP contribution in [0, 0.1) is 0 Å². The predicted molar refractivity (Wildman–Crippen MR) is 98.7 cm³/mol. The number of carbonyl (C=O) groups is 2. The molecule has 6 nitrogen and oxygen atoms in total. The molecule has 0 aliphatic rings. The van der Waals surface area contributed by atoms with Gasteiger partial charge in [0.1, 0.15) is 5.75 Å². The standard InChI is InChI=1S/C20H24N2O4/c1-2-16(13-23)21-19(25)12-18(14-6-4-3-5-7-14)22-20(26)15-8-10-17(24)11-9-15/h3-11,16,18,23-24H,2,12-13H2,1H3,(H,21,25)(H,22,26). The van der Waals surface area contributed by atoms with Gasteiger partial charge in [-0.25, -0.2) is 0 Å². The maximum absolute atomic E-state index is 12.5. The number of rotatable bonds is 8. The van der Waals surface area contributed by atoms with E-state index in [1.165, 1.54) is 24.3 Å². The van der Waals surface area contributed by atoms with E-state index in [0.717, 1.165) is 5.56 Å². The molecule has 0 bridgehead atoms. The number of phenolic OH excluding ortho intramolecular Hbond substituents is 1. The number of hydrogen-bond donors (Lipinski definition) is 4. The molecule has 0 aliphatic carbocycles. The lowest BCUT2D eigenvalue weighted by Crippen LogP contribution is -2.39. The fraction of sp³-hybridized carbons (Fsp3) is 0.300. The summed E-state index contributed by atoms with van der Waals surface area (Å²) >= 11 is 0. The average molecular weight is 356 g/mol. The fourth-order valence-electron chi connectivity index (χ4n) is 2.54. The molecule has 4 N–H and O–H groups in total. The minimum atomic E-state index is -0.506. The summed E-state index contributed by atoms with van der Waals surface area (Å²) in [5.41, 5.74) is 1.21. The molecule has 2 aromatic carbocycles. The number of phenols is 1. The first kappa shape index (κ1) is 19.5. The van der Waals surface area contributed by atoms with Crippen molar-refractivity contribution in [3.05, 3.63) is 65.7 Å². The van der Waals surface area contributed by atoms with Gasteiger partial charge < -0.3 is 20.8 Å². The molecule has 0 heterocycles. The first-order valence-electron chi connectivity index (χ1n) is 8.58. The summed E-state index contributed by atoms with van der Waals surface area (Å²) in [7, 11) is 0. The van der Waals surface area contributed by atoms with Gasteiger partial charge in [0.25, 0.3) is 5.91 Å². The van der Waals surface area contributed by atoms with Gasteiger partial charge in [-0.1, -0.05) is 37.3 Å². The molecule has 0 radical (unpaired) electrons. The molecule has 0 aliphatic heterocycles. The normalized spacial score (nSPS) is 12.8. The van der Waals surface area contributed by atoms with Crippen molar-refractivity contribution in [1.82, 2.24) is 10.6 Å². The predicted octanol–water partition coefficient (Wildman–Crippen LogP) is 2.14. The first-order valence-corrected chi connectivity index (χ1v) is 8.58. The highest BCUT2D eigenvalue weighted by Gasteiger charge is 2.20. The lowest BCUT2D eigenvalue weighted by molar-refractivity contribution is -0.122. The van der Waals surface area contributed by atoms with Gasteiger partial charge in [-0.05, 0) is 36.2 Å². The maximum atomic E-state index is 12.5. The Morgan fingerprint density at radius 1 is 1.00 bits per heavy atom. The second-order valence-electron chi connectivity index (χ2n) is 6.04. The smallest absolute Gasteiger partial charge is 0.251 e. The Labute approximate surface area is 152 Å². The number of benzene rings is 2. The van der Waals surface area contributed by atoms with Crippen molar-refractivity contribution in [3.8, 4) is 5.75 Å². The van der Waals surface area contributed by atoms with Crippen molar-refractivity contribution < 1.29 is 19.8 Å². The van der Waals surface area contributed by atoms with E-state index in [9.17, 15) is 19.8 Å². The Bertz CT molecular complexity index is 712. The Morgan fingerprint density at radius 3 is 2.23 bits per heavy atom. The molecule has 2 rings (SSSR count). The van der Waals surface area contributed by atoms with Gasteiger partial charge in [-0.3, -0.25) is 9.59 Å². The average Bonchev–Trinajstić information content (AvgIpc) is 2.66. The van der Waals surface area contributed by atoms with Crippen molar-refractivity contribution in [1.29, 1.82) is 0 Å². The Balaban J connectivity index is 2.12. The van der Waals surface area contributed by atoms with Crippen LogP contribution < -0.4 is 10.6 Å². The van der Waals surface area contributed by atoms with Crippen LogP contribution in [0.5, 0.6) is 5.75 Å². The molecule has 0 saturated carbocycles. The number of aromatic hydroxyl groups is 1. The van der Waals surface area contributed by atoms with Crippen LogP contribution >= 0.6 is 0 Å². The molecule has 2 atom stereocenters. The SMILES string of the molecule is CCC(CO)NC(=O)CC(NC(=O)c1ccc(O)cc1)c1ccccc1. The maximum Gasteiger partial charge on any atom is 0.251 e. The number of aliphatic hydroxyl groups is 1. The molecular formula is C20H24N2O4. The molecule has 0 fully saturated rings.